The highest BCUT2D eigenvalue weighted by Gasteiger charge is 2.26. The van der Waals surface area contributed by atoms with Gasteiger partial charge >= 0.3 is 12.1 Å². The monoisotopic (exact) mass is 364 g/mol. The average Bonchev–Trinajstić information content (AvgIpc) is 2.59. The SMILES string of the molecule is CCC[C@H](NC(=O)OCc1ccccc1)C(=O)N[C@@H](CC(C)C)C(=O)O. The van der Waals surface area contributed by atoms with E-state index >= 15 is 0 Å². The maximum absolute atomic E-state index is 12.4. The first kappa shape index (κ1) is 21.5. The number of carboxylic acids is 1. The lowest BCUT2D eigenvalue weighted by molar-refractivity contribution is -0.142. The lowest BCUT2D eigenvalue weighted by Crippen LogP contribution is -2.51. The van der Waals surface area contributed by atoms with Gasteiger partial charge in [0, 0.05) is 0 Å². The van der Waals surface area contributed by atoms with Gasteiger partial charge in [0.1, 0.15) is 18.7 Å². The van der Waals surface area contributed by atoms with E-state index in [0.717, 1.165) is 5.56 Å². The van der Waals surface area contributed by atoms with Crippen molar-refractivity contribution in [2.75, 3.05) is 0 Å². The van der Waals surface area contributed by atoms with Gasteiger partial charge in [0.05, 0.1) is 0 Å². The number of carbonyl (C=O) groups excluding carboxylic acids is 2. The molecule has 0 saturated carbocycles. The maximum Gasteiger partial charge on any atom is 0.408 e. The molecule has 144 valence electrons. The van der Waals surface area contributed by atoms with E-state index in [4.69, 9.17) is 4.74 Å². The molecule has 0 saturated heterocycles. The Morgan fingerprint density at radius 2 is 1.73 bits per heavy atom. The van der Waals surface area contributed by atoms with Gasteiger partial charge in [0.2, 0.25) is 5.91 Å². The molecule has 0 bridgehead atoms. The second kappa shape index (κ2) is 11.1. The van der Waals surface area contributed by atoms with Crippen molar-refractivity contribution in [3.63, 3.8) is 0 Å². The third-order valence-electron chi connectivity index (χ3n) is 3.72. The molecule has 26 heavy (non-hydrogen) atoms. The first-order chi connectivity index (χ1) is 12.3. The molecule has 3 N–H and O–H groups in total. The first-order valence-electron chi connectivity index (χ1n) is 8.83. The van der Waals surface area contributed by atoms with E-state index in [1.54, 1.807) is 0 Å². The minimum Gasteiger partial charge on any atom is -0.480 e. The molecule has 0 fully saturated rings. The van der Waals surface area contributed by atoms with Gasteiger partial charge in [-0.2, -0.15) is 0 Å². The molecule has 0 heterocycles. The molecule has 7 heteroatoms. The number of carbonyl (C=O) groups is 3. The van der Waals surface area contributed by atoms with Crippen LogP contribution in [0.1, 0.15) is 45.6 Å². The number of hydrogen-bond donors (Lipinski definition) is 3. The summed E-state index contributed by atoms with van der Waals surface area (Å²) in [5.41, 5.74) is 0.835. The van der Waals surface area contributed by atoms with Crippen molar-refractivity contribution in [3.8, 4) is 0 Å². The van der Waals surface area contributed by atoms with Crippen molar-refractivity contribution >= 4 is 18.0 Å². The molecule has 0 spiro atoms. The van der Waals surface area contributed by atoms with Crippen LogP contribution in [0.2, 0.25) is 0 Å². The lowest BCUT2D eigenvalue weighted by atomic mass is 10.0. The van der Waals surface area contributed by atoms with E-state index in [0.29, 0.717) is 19.3 Å². The second-order valence-corrected chi connectivity index (χ2v) is 6.58. The molecule has 0 aliphatic heterocycles. The van der Waals surface area contributed by atoms with Crippen LogP contribution in [0.25, 0.3) is 0 Å². The third kappa shape index (κ3) is 8.00. The van der Waals surface area contributed by atoms with Gasteiger partial charge in [0.15, 0.2) is 0 Å². The van der Waals surface area contributed by atoms with E-state index in [1.807, 2.05) is 51.1 Å². The van der Waals surface area contributed by atoms with Crippen molar-refractivity contribution in [1.29, 1.82) is 0 Å². The normalized spacial score (nSPS) is 12.9. The smallest absolute Gasteiger partial charge is 0.408 e. The summed E-state index contributed by atoms with van der Waals surface area (Å²) in [5, 5.41) is 14.3. The van der Waals surface area contributed by atoms with Gasteiger partial charge in [0.25, 0.3) is 0 Å². The molecule has 0 aromatic heterocycles. The molecule has 0 radical (unpaired) electrons. The predicted molar refractivity (Wildman–Crippen MR) is 97.5 cm³/mol. The van der Waals surface area contributed by atoms with E-state index in [1.165, 1.54) is 0 Å². The Kier molecular flexibility index (Phi) is 9.19. The highest BCUT2D eigenvalue weighted by Crippen LogP contribution is 2.07. The number of rotatable bonds is 10. The van der Waals surface area contributed by atoms with E-state index < -0.39 is 30.1 Å². The van der Waals surface area contributed by atoms with Crippen LogP contribution in [0.5, 0.6) is 0 Å². The Morgan fingerprint density at radius 1 is 1.08 bits per heavy atom. The fourth-order valence-electron chi connectivity index (χ4n) is 2.43. The molecule has 2 atom stereocenters. The molecule has 7 nitrogen and oxygen atoms in total. The fourth-order valence-corrected chi connectivity index (χ4v) is 2.43. The molecule has 1 rings (SSSR count). The first-order valence-corrected chi connectivity index (χ1v) is 8.83. The van der Waals surface area contributed by atoms with Crippen LogP contribution in [0.4, 0.5) is 4.79 Å². The summed E-state index contributed by atoms with van der Waals surface area (Å²) in [6.45, 7) is 5.73. The third-order valence-corrected chi connectivity index (χ3v) is 3.72. The van der Waals surface area contributed by atoms with Gasteiger partial charge in [-0.05, 0) is 24.3 Å². The summed E-state index contributed by atoms with van der Waals surface area (Å²) in [6.07, 6.45) is 0.649. The Bertz CT molecular complexity index is 589. The minimum atomic E-state index is -1.09. The van der Waals surface area contributed by atoms with Crippen LogP contribution in [-0.2, 0) is 20.9 Å². The van der Waals surface area contributed by atoms with Crippen LogP contribution in [0, 0.1) is 5.92 Å². The summed E-state index contributed by atoms with van der Waals surface area (Å²) < 4.78 is 5.13. The van der Waals surface area contributed by atoms with Crippen LogP contribution in [0.3, 0.4) is 0 Å². The predicted octanol–water partition coefficient (Wildman–Crippen LogP) is 2.70. The molecule has 0 unspecified atom stereocenters. The van der Waals surface area contributed by atoms with E-state index in [9.17, 15) is 19.5 Å². The lowest BCUT2D eigenvalue weighted by Gasteiger charge is -2.22. The van der Waals surface area contributed by atoms with E-state index in [-0.39, 0.29) is 12.5 Å². The Labute approximate surface area is 154 Å². The van der Waals surface area contributed by atoms with Crippen LogP contribution < -0.4 is 10.6 Å². The zero-order valence-electron chi connectivity index (χ0n) is 15.5. The number of hydrogen-bond acceptors (Lipinski definition) is 4. The number of benzene rings is 1. The minimum absolute atomic E-state index is 0.0955. The highest BCUT2D eigenvalue weighted by atomic mass is 16.5. The number of alkyl carbamates (subject to hydrolysis) is 1. The largest absolute Gasteiger partial charge is 0.480 e. The molecule has 2 amide bonds. The zero-order chi connectivity index (χ0) is 19.5. The molecule has 1 aromatic rings. The Morgan fingerprint density at radius 3 is 2.27 bits per heavy atom. The molecule has 1 aromatic carbocycles. The van der Waals surface area contributed by atoms with Gasteiger partial charge in [-0.15, -0.1) is 0 Å². The average molecular weight is 364 g/mol. The summed E-state index contributed by atoms with van der Waals surface area (Å²) in [5.74, 6) is -1.49. The quantitative estimate of drug-likeness (QED) is 0.592. The van der Waals surface area contributed by atoms with E-state index in [2.05, 4.69) is 10.6 Å². The van der Waals surface area contributed by atoms with Crippen molar-refractivity contribution < 1.29 is 24.2 Å². The molecular formula is C19H28N2O5. The fraction of sp³-hybridized carbons (Fsp3) is 0.526. The molecular weight excluding hydrogens is 336 g/mol. The number of carboxylic acid groups (broad SMARTS) is 1. The van der Waals surface area contributed by atoms with Crippen molar-refractivity contribution in [2.24, 2.45) is 5.92 Å². The highest BCUT2D eigenvalue weighted by molar-refractivity contribution is 5.89. The van der Waals surface area contributed by atoms with Gasteiger partial charge in [-0.1, -0.05) is 57.5 Å². The summed E-state index contributed by atoms with van der Waals surface area (Å²) >= 11 is 0. The second-order valence-electron chi connectivity index (χ2n) is 6.58. The number of ether oxygens (including phenoxy) is 1. The van der Waals surface area contributed by atoms with Gasteiger partial charge in [-0.3, -0.25) is 4.79 Å². The summed E-state index contributed by atoms with van der Waals surface area (Å²) in [7, 11) is 0. The number of aliphatic carboxylic acids is 1. The number of nitrogens with one attached hydrogen (secondary N) is 2. The van der Waals surface area contributed by atoms with Gasteiger partial charge in [-0.25, -0.2) is 9.59 Å². The van der Waals surface area contributed by atoms with Crippen molar-refractivity contribution in [3.05, 3.63) is 35.9 Å². The molecule has 0 aliphatic carbocycles. The Hall–Kier alpha value is -2.57. The Balaban J connectivity index is 2.60. The molecule has 0 aliphatic rings. The summed E-state index contributed by atoms with van der Waals surface area (Å²) in [6, 6.07) is 7.37. The topological polar surface area (TPSA) is 105 Å². The van der Waals surface area contributed by atoms with Crippen LogP contribution in [-0.4, -0.2) is 35.2 Å². The summed E-state index contributed by atoms with van der Waals surface area (Å²) in [4.78, 5) is 35.7. The van der Waals surface area contributed by atoms with Crippen LogP contribution >= 0.6 is 0 Å². The van der Waals surface area contributed by atoms with Crippen molar-refractivity contribution in [2.45, 2.75) is 58.7 Å². The van der Waals surface area contributed by atoms with Crippen LogP contribution in [0.15, 0.2) is 30.3 Å². The standard InChI is InChI=1S/C19H28N2O5/c1-4-8-15(17(22)20-16(18(23)24)11-13(2)3)21-19(25)26-12-14-9-6-5-7-10-14/h5-7,9-10,13,15-16H,4,8,11-12H2,1-3H3,(H,20,22)(H,21,25)(H,23,24)/t15-,16-/m0/s1. The van der Waals surface area contributed by atoms with Gasteiger partial charge < -0.3 is 20.5 Å². The van der Waals surface area contributed by atoms with Crippen molar-refractivity contribution in [1.82, 2.24) is 10.6 Å². The zero-order valence-corrected chi connectivity index (χ0v) is 15.5. The maximum atomic E-state index is 12.4. The number of amides is 2.